The summed E-state index contributed by atoms with van der Waals surface area (Å²) in [6, 6.07) is 12.0. The van der Waals surface area contributed by atoms with Gasteiger partial charge in [-0.15, -0.1) is 0 Å². The first-order valence-electron chi connectivity index (χ1n) is 9.21. The van der Waals surface area contributed by atoms with Gasteiger partial charge in [-0.25, -0.2) is 14.2 Å². The molecule has 7 nitrogen and oxygen atoms in total. The molecule has 1 atom stereocenters. The van der Waals surface area contributed by atoms with E-state index in [4.69, 9.17) is 0 Å². The summed E-state index contributed by atoms with van der Waals surface area (Å²) in [5, 5.41) is 2.53. The van der Waals surface area contributed by atoms with Gasteiger partial charge in [-0.05, 0) is 49.4 Å². The Morgan fingerprint density at radius 3 is 2.60 bits per heavy atom. The van der Waals surface area contributed by atoms with E-state index in [0.717, 1.165) is 0 Å². The van der Waals surface area contributed by atoms with E-state index in [1.54, 1.807) is 36.4 Å². The first kappa shape index (κ1) is 21.5. The molecule has 156 valence electrons. The topological polar surface area (TPSA) is 88.1 Å². The summed E-state index contributed by atoms with van der Waals surface area (Å²) in [6.07, 6.45) is -0.0408. The molecule has 0 aromatic heterocycles. The number of hydrogen-bond acceptors (Lipinski definition) is 6. The zero-order valence-corrected chi connectivity index (χ0v) is 17.2. The molecular formula is C21H20FN3O4S. The van der Waals surface area contributed by atoms with Crippen molar-refractivity contribution in [2.45, 2.75) is 18.6 Å². The highest BCUT2D eigenvalue weighted by Gasteiger charge is 2.38. The molecule has 0 radical (unpaired) electrons. The van der Waals surface area contributed by atoms with Gasteiger partial charge < -0.3 is 10.1 Å². The highest BCUT2D eigenvalue weighted by Crippen LogP contribution is 2.31. The fourth-order valence-electron chi connectivity index (χ4n) is 2.86. The van der Waals surface area contributed by atoms with Crippen LogP contribution in [0.4, 0.5) is 15.8 Å². The second-order valence-corrected chi connectivity index (χ2v) is 7.55. The van der Waals surface area contributed by atoms with E-state index in [0.29, 0.717) is 28.7 Å². The van der Waals surface area contributed by atoms with Gasteiger partial charge in [-0.3, -0.25) is 14.5 Å². The number of methoxy groups -OCH3 is 1. The number of hydrogen-bond donors (Lipinski definition) is 1. The maximum atomic E-state index is 13.4. The number of benzene rings is 2. The Morgan fingerprint density at radius 1 is 1.23 bits per heavy atom. The van der Waals surface area contributed by atoms with Crippen molar-refractivity contribution in [3.8, 4) is 0 Å². The number of halogens is 1. The summed E-state index contributed by atoms with van der Waals surface area (Å²) in [5.74, 6) is -1.43. The first-order valence-corrected chi connectivity index (χ1v) is 10.1. The second kappa shape index (κ2) is 9.53. The van der Waals surface area contributed by atoms with Gasteiger partial charge in [-0.1, -0.05) is 17.8 Å². The molecule has 2 amide bonds. The summed E-state index contributed by atoms with van der Waals surface area (Å²) in [5.41, 5.74) is 1.28. The van der Waals surface area contributed by atoms with E-state index in [2.05, 4.69) is 15.0 Å². The second-order valence-electron chi connectivity index (χ2n) is 6.38. The van der Waals surface area contributed by atoms with Gasteiger partial charge in [-0.2, -0.15) is 0 Å². The Morgan fingerprint density at radius 2 is 1.97 bits per heavy atom. The van der Waals surface area contributed by atoms with Crippen LogP contribution in [0.3, 0.4) is 0 Å². The number of ether oxygens (including phenoxy) is 1. The number of amides is 2. The van der Waals surface area contributed by atoms with E-state index >= 15 is 0 Å². The number of nitrogens with zero attached hydrogens (tertiary/aromatic N) is 2. The third-order valence-electron chi connectivity index (χ3n) is 4.33. The fourth-order valence-corrected chi connectivity index (χ4v) is 4.08. The molecule has 1 aliphatic heterocycles. The average Bonchev–Trinajstić information content (AvgIpc) is 3.01. The summed E-state index contributed by atoms with van der Waals surface area (Å²) >= 11 is 1.18. The van der Waals surface area contributed by atoms with Crippen molar-refractivity contribution in [1.29, 1.82) is 0 Å². The normalized spacial score (nSPS) is 17.3. The number of rotatable bonds is 6. The van der Waals surface area contributed by atoms with Crippen LogP contribution in [0.15, 0.2) is 53.5 Å². The van der Waals surface area contributed by atoms with Crippen LogP contribution >= 0.6 is 11.8 Å². The number of amidine groups is 1. The molecule has 1 heterocycles. The molecule has 0 spiro atoms. The van der Waals surface area contributed by atoms with Crippen molar-refractivity contribution in [2.24, 2.45) is 4.99 Å². The summed E-state index contributed by atoms with van der Waals surface area (Å²) < 4.78 is 18.0. The van der Waals surface area contributed by atoms with Gasteiger partial charge in [0.1, 0.15) is 11.1 Å². The molecule has 9 heteroatoms. The Balaban J connectivity index is 1.66. The number of carbonyl (C=O) groups excluding carboxylic acids is 3. The number of anilines is 1. The van der Waals surface area contributed by atoms with E-state index in [-0.39, 0.29) is 18.2 Å². The summed E-state index contributed by atoms with van der Waals surface area (Å²) in [4.78, 5) is 42.4. The molecular weight excluding hydrogens is 409 g/mol. The predicted molar refractivity (Wildman–Crippen MR) is 113 cm³/mol. The van der Waals surface area contributed by atoms with Gasteiger partial charge in [0.15, 0.2) is 5.17 Å². The maximum Gasteiger partial charge on any atom is 0.337 e. The van der Waals surface area contributed by atoms with Crippen LogP contribution < -0.4 is 5.32 Å². The molecule has 30 heavy (non-hydrogen) atoms. The molecule has 0 saturated carbocycles. The first-order chi connectivity index (χ1) is 14.4. The van der Waals surface area contributed by atoms with E-state index in [1.807, 2.05) is 6.92 Å². The molecule has 0 bridgehead atoms. The Labute approximate surface area is 177 Å². The highest BCUT2D eigenvalue weighted by atomic mass is 32.2. The van der Waals surface area contributed by atoms with E-state index in [1.165, 1.54) is 35.9 Å². The van der Waals surface area contributed by atoms with Crippen LogP contribution in [-0.2, 0) is 14.3 Å². The lowest BCUT2D eigenvalue weighted by atomic mass is 10.2. The predicted octanol–water partition coefficient (Wildman–Crippen LogP) is 3.59. The Bertz CT molecular complexity index is 994. The zero-order valence-electron chi connectivity index (χ0n) is 16.4. The van der Waals surface area contributed by atoms with Gasteiger partial charge in [0.05, 0.1) is 18.4 Å². The molecule has 1 fully saturated rings. The maximum absolute atomic E-state index is 13.4. The van der Waals surface area contributed by atoms with E-state index < -0.39 is 17.0 Å². The third kappa shape index (κ3) is 5.04. The van der Waals surface area contributed by atoms with Crippen molar-refractivity contribution < 1.29 is 23.5 Å². The van der Waals surface area contributed by atoms with Crippen molar-refractivity contribution in [3.63, 3.8) is 0 Å². The number of thioether (sulfide) groups is 1. The molecule has 1 aliphatic rings. The van der Waals surface area contributed by atoms with Crippen LogP contribution in [0.1, 0.15) is 23.7 Å². The lowest BCUT2D eigenvalue weighted by Gasteiger charge is -2.13. The summed E-state index contributed by atoms with van der Waals surface area (Å²) in [7, 11) is 1.29. The van der Waals surface area contributed by atoms with Crippen LogP contribution in [0, 0.1) is 5.82 Å². The molecule has 0 unspecified atom stereocenters. The zero-order chi connectivity index (χ0) is 21.7. The minimum Gasteiger partial charge on any atom is -0.465 e. The minimum atomic E-state index is -0.619. The molecule has 1 N–H and O–H groups in total. The molecule has 1 saturated heterocycles. The summed E-state index contributed by atoms with van der Waals surface area (Å²) in [6.45, 7) is 2.21. The lowest BCUT2D eigenvalue weighted by Crippen LogP contribution is -2.33. The van der Waals surface area contributed by atoms with Crippen LogP contribution in [-0.4, -0.2) is 46.8 Å². The minimum absolute atomic E-state index is 0.0408. The van der Waals surface area contributed by atoms with Crippen LogP contribution in [0.25, 0.3) is 0 Å². The van der Waals surface area contributed by atoms with Crippen molar-refractivity contribution >= 4 is 46.1 Å². The van der Waals surface area contributed by atoms with Gasteiger partial charge >= 0.3 is 5.97 Å². The van der Waals surface area contributed by atoms with Gasteiger partial charge in [0.25, 0.3) is 0 Å². The highest BCUT2D eigenvalue weighted by molar-refractivity contribution is 8.15. The number of esters is 1. The van der Waals surface area contributed by atoms with Crippen LogP contribution in [0.2, 0.25) is 0 Å². The standard InChI is InChI=1S/C21H20FN3O4S/c1-3-25-19(27)17(30-21(25)24-16-6-4-5-14(22)11-16)12-18(26)23-15-9-7-13(8-10-15)20(28)29-2/h4-11,17H,3,12H2,1-2H3,(H,23,26)/t17-/m0/s1. The Hall–Kier alpha value is -3.20. The molecule has 2 aromatic carbocycles. The van der Waals surface area contributed by atoms with E-state index in [9.17, 15) is 18.8 Å². The SMILES string of the molecule is CCN1C(=O)[C@H](CC(=O)Nc2ccc(C(=O)OC)cc2)SC1=Nc1cccc(F)c1. The fraction of sp³-hybridized carbons (Fsp3) is 0.238. The van der Waals surface area contributed by atoms with Gasteiger partial charge in [0.2, 0.25) is 11.8 Å². The van der Waals surface area contributed by atoms with Crippen molar-refractivity contribution in [3.05, 3.63) is 59.9 Å². The monoisotopic (exact) mass is 429 g/mol. The largest absolute Gasteiger partial charge is 0.465 e. The van der Waals surface area contributed by atoms with Crippen molar-refractivity contribution in [2.75, 3.05) is 19.0 Å². The van der Waals surface area contributed by atoms with Gasteiger partial charge in [0, 0.05) is 18.7 Å². The quantitative estimate of drug-likeness (QED) is 0.709. The number of nitrogens with one attached hydrogen (secondary N) is 1. The molecule has 0 aliphatic carbocycles. The average molecular weight is 429 g/mol. The third-order valence-corrected chi connectivity index (χ3v) is 5.51. The number of carbonyl (C=O) groups is 3. The number of aliphatic imine (C=N–C) groups is 1. The Kier molecular flexibility index (Phi) is 6.83. The smallest absolute Gasteiger partial charge is 0.337 e. The van der Waals surface area contributed by atoms with Crippen molar-refractivity contribution in [1.82, 2.24) is 4.90 Å². The van der Waals surface area contributed by atoms with Crippen LogP contribution in [0.5, 0.6) is 0 Å². The molecule has 3 rings (SSSR count). The lowest BCUT2D eigenvalue weighted by molar-refractivity contribution is -0.128. The molecule has 2 aromatic rings.